The molecule has 1 saturated heterocycles. The highest BCUT2D eigenvalue weighted by Gasteiger charge is 2.31. The van der Waals surface area contributed by atoms with E-state index in [0.717, 1.165) is 33.8 Å². The number of carbonyl (C=O) groups excluding carboxylic acids is 3. The van der Waals surface area contributed by atoms with Crippen LogP contribution in [0.5, 0.6) is 0 Å². The van der Waals surface area contributed by atoms with Crippen molar-refractivity contribution in [1.29, 1.82) is 0 Å². The van der Waals surface area contributed by atoms with E-state index in [2.05, 4.69) is 10.3 Å². The van der Waals surface area contributed by atoms with Crippen LogP contribution in [-0.4, -0.2) is 27.7 Å². The number of pyridine rings is 1. The lowest BCUT2D eigenvalue weighted by atomic mass is 10.0. The van der Waals surface area contributed by atoms with Crippen molar-refractivity contribution in [3.8, 4) is 0 Å². The monoisotopic (exact) mass is 335 g/mol. The number of imide groups is 1. The van der Waals surface area contributed by atoms with Gasteiger partial charge in [-0.25, -0.2) is 4.98 Å². The molecule has 1 N–H and O–H groups in total. The first-order chi connectivity index (χ1) is 12.2. The number of aromatic nitrogens is 2. The predicted molar refractivity (Wildman–Crippen MR) is 93.0 cm³/mol. The molecule has 1 aromatic carbocycles. The lowest BCUT2D eigenvalue weighted by Gasteiger charge is -2.23. The fraction of sp³-hybridized carbons (Fsp3) is 0.263. The van der Waals surface area contributed by atoms with Crippen molar-refractivity contribution >= 4 is 40.0 Å². The molecule has 0 saturated carbocycles. The van der Waals surface area contributed by atoms with E-state index >= 15 is 0 Å². The average molecular weight is 335 g/mol. The number of nitrogens with one attached hydrogen (secondary N) is 1. The summed E-state index contributed by atoms with van der Waals surface area (Å²) in [5, 5.41) is 4.41. The Morgan fingerprint density at radius 3 is 2.92 bits per heavy atom. The molecule has 1 fully saturated rings. The third-order valence-corrected chi connectivity index (χ3v) is 4.73. The summed E-state index contributed by atoms with van der Waals surface area (Å²) in [4.78, 5) is 39.2. The van der Waals surface area contributed by atoms with Gasteiger partial charge in [-0.2, -0.15) is 0 Å². The minimum Gasteiger partial charge on any atom is -0.313 e. The van der Waals surface area contributed by atoms with Gasteiger partial charge in [0.15, 0.2) is 0 Å². The molecule has 0 radical (unpaired) electrons. The number of benzene rings is 1. The van der Waals surface area contributed by atoms with Gasteiger partial charge in [-0.05, 0) is 36.6 Å². The Hall–Kier alpha value is -3.02. The highest BCUT2D eigenvalue weighted by Crippen LogP contribution is 2.35. The Labute approximate surface area is 143 Å². The van der Waals surface area contributed by atoms with E-state index in [1.54, 1.807) is 6.20 Å². The Kier molecular flexibility index (Phi) is 3.80. The van der Waals surface area contributed by atoms with Crippen molar-refractivity contribution in [3.05, 3.63) is 42.1 Å². The Morgan fingerprint density at radius 2 is 2.12 bits per heavy atom. The molecular weight excluding hydrogens is 318 g/mol. The zero-order valence-electron chi connectivity index (χ0n) is 13.6. The van der Waals surface area contributed by atoms with Crippen LogP contribution in [0.3, 0.4) is 0 Å². The number of hydrogen-bond acceptors (Lipinski definition) is 4. The van der Waals surface area contributed by atoms with Crippen LogP contribution in [0.25, 0.3) is 21.9 Å². The molecular formula is C19H17N3O3. The van der Waals surface area contributed by atoms with Gasteiger partial charge in [0.25, 0.3) is 0 Å². The second-order valence-corrected chi connectivity index (χ2v) is 6.23. The van der Waals surface area contributed by atoms with Crippen molar-refractivity contribution in [1.82, 2.24) is 14.9 Å². The zero-order chi connectivity index (χ0) is 17.4. The highest BCUT2D eigenvalue weighted by atomic mass is 16.2. The number of rotatable bonds is 4. The fourth-order valence-corrected chi connectivity index (χ4v) is 3.66. The lowest BCUT2D eigenvalue weighted by Crippen LogP contribution is -2.41. The first-order valence-corrected chi connectivity index (χ1v) is 8.34. The first-order valence-electron chi connectivity index (χ1n) is 8.34. The van der Waals surface area contributed by atoms with Gasteiger partial charge >= 0.3 is 0 Å². The van der Waals surface area contributed by atoms with Gasteiger partial charge in [0.05, 0.1) is 5.52 Å². The van der Waals surface area contributed by atoms with Crippen LogP contribution in [0.1, 0.15) is 30.9 Å². The van der Waals surface area contributed by atoms with Crippen molar-refractivity contribution in [2.75, 3.05) is 0 Å². The van der Waals surface area contributed by atoms with Gasteiger partial charge in [-0.15, -0.1) is 0 Å². The number of carbonyl (C=O) groups is 3. The molecule has 0 aliphatic carbocycles. The zero-order valence-corrected chi connectivity index (χ0v) is 13.6. The van der Waals surface area contributed by atoms with Gasteiger partial charge in [0.1, 0.15) is 18.0 Å². The Bertz CT molecular complexity index is 1010. The van der Waals surface area contributed by atoms with E-state index in [1.165, 1.54) is 0 Å². The molecule has 1 atom stereocenters. The van der Waals surface area contributed by atoms with Crippen LogP contribution in [0.15, 0.2) is 36.5 Å². The van der Waals surface area contributed by atoms with Crippen LogP contribution in [0, 0.1) is 0 Å². The van der Waals surface area contributed by atoms with Crippen LogP contribution in [-0.2, 0) is 20.8 Å². The largest absolute Gasteiger partial charge is 0.313 e. The van der Waals surface area contributed by atoms with E-state index in [9.17, 15) is 14.4 Å². The molecule has 1 aliphatic heterocycles. The van der Waals surface area contributed by atoms with Crippen molar-refractivity contribution in [3.63, 3.8) is 0 Å². The topological polar surface area (TPSA) is 81.1 Å². The molecule has 1 aliphatic rings. The number of nitrogens with zero attached hydrogens (tertiary/aromatic N) is 2. The Balaban J connectivity index is 1.98. The van der Waals surface area contributed by atoms with Gasteiger partial charge < -0.3 is 9.36 Å². The fourth-order valence-electron chi connectivity index (χ4n) is 3.66. The van der Waals surface area contributed by atoms with Crippen LogP contribution < -0.4 is 5.32 Å². The molecule has 4 rings (SSSR count). The summed E-state index contributed by atoms with van der Waals surface area (Å²) < 4.78 is 1.93. The van der Waals surface area contributed by atoms with E-state index < -0.39 is 6.04 Å². The van der Waals surface area contributed by atoms with Gasteiger partial charge in [-0.3, -0.25) is 14.9 Å². The molecule has 3 aromatic rings. The minimum atomic E-state index is -0.464. The smallest absolute Gasteiger partial charge is 0.249 e. The van der Waals surface area contributed by atoms with Gasteiger partial charge in [-0.1, -0.05) is 12.1 Å². The standard InChI is InChI=1S/C19H17N3O3/c23-11-3-5-12-4-1-7-14-17(12)13-6-2-10-20-18(13)22(14)15-8-9-16(24)21-19(15)25/h1-2,4,6-7,10-11,15H,3,5,8-9H2,(H,21,24,25). The van der Waals surface area contributed by atoms with E-state index in [4.69, 9.17) is 0 Å². The third-order valence-electron chi connectivity index (χ3n) is 4.73. The number of aldehydes is 1. The maximum absolute atomic E-state index is 12.4. The van der Waals surface area contributed by atoms with Crippen molar-refractivity contribution in [2.45, 2.75) is 31.7 Å². The minimum absolute atomic E-state index is 0.235. The Morgan fingerprint density at radius 1 is 1.24 bits per heavy atom. The van der Waals surface area contributed by atoms with Crippen LogP contribution in [0.4, 0.5) is 0 Å². The number of piperidine rings is 1. The summed E-state index contributed by atoms with van der Waals surface area (Å²) in [6.07, 6.45) is 4.48. The summed E-state index contributed by atoms with van der Waals surface area (Å²) in [5.41, 5.74) is 2.70. The van der Waals surface area contributed by atoms with Gasteiger partial charge in [0.2, 0.25) is 11.8 Å². The molecule has 0 spiro atoms. The second-order valence-electron chi connectivity index (χ2n) is 6.23. The predicted octanol–water partition coefficient (Wildman–Crippen LogP) is 2.30. The third kappa shape index (κ3) is 2.50. The molecule has 3 heterocycles. The molecule has 126 valence electrons. The van der Waals surface area contributed by atoms with Crippen molar-refractivity contribution < 1.29 is 14.4 Å². The quantitative estimate of drug-likeness (QED) is 0.586. The summed E-state index contributed by atoms with van der Waals surface area (Å²) >= 11 is 0. The van der Waals surface area contributed by atoms with Crippen LogP contribution in [0.2, 0.25) is 0 Å². The summed E-state index contributed by atoms with van der Waals surface area (Å²) in [6.45, 7) is 0. The molecule has 6 nitrogen and oxygen atoms in total. The van der Waals surface area contributed by atoms with Crippen molar-refractivity contribution in [2.24, 2.45) is 0 Å². The van der Waals surface area contributed by atoms with E-state index in [-0.39, 0.29) is 11.8 Å². The van der Waals surface area contributed by atoms with E-state index in [0.29, 0.717) is 25.7 Å². The summed E-state index contributed by atoms with van der Waals surface area (Å²) in [6, 6.07) is 9.29. The molecule has 6 heteroatoms. The number of amides is 2. The molecule has 2 aromatic heterocycles. The number of aryl methyl sites for hydroxylation is 1. The van der Waals surface area contributed by atoms with E-state index in [1.807, 2.05) is 34.9 Å². The van der Waals surface area contributed by atoms with Crippen LogP contribution >= 0.6 is 0 Å². The molecule has 1 unspecified atom stereocenters. The molecule has 0 bridgehead atoms. The van der Waals surface area contributed by atoms with Gasteiger partial charge in [0, 0.05) is 29.8 Å². The average Bonchev–Trinajstić information content (AvgIpc) is 2.95. The lowest BCUT2D eigenvalue weighted by molar-refractivity contribution is -0.135. The summed E-state index contributed by atoms with van der Waals surface area (Å²) in [5.74, 6) is -0.527. The first kappa shape index (κ1) is 15.5. The normalized spacial score (nSPS) is 17.8. The maximum Gasteiger partial charge on any atom is 0.249 e. The molecule has 2 amide bonds. The second kappa shape index (κ2) is 6.12. The summed E-state index contributed by atoms with van der Waals surface area (Å²) in [7, 11) is 0. The maximum atomic E-state index is 12.4. The SMILES string of the molecule is O=CCCc1cccc2c1c1cccnc1n2C1CCC(=O)NC1=O. The molecule has 25 heavy (non-hydrogen) atoms. The highest BCUT2D eigenvalue weighted by molar-refractivity contribution is 6.10. The number of fused-ring (bicyclic) bond motifs is 3. The number of hydrogen-bond donors (Lipinski definition) is 1.